The Labute approximate surface area is 87.0 Å². The van der Waals surface area contributed by atoms with Gasteiger partial charge in [0.15, 0.2) is 5.82 Å². The summed E-state index contributed by atoms with van der Waals surface area (Å²) in [5, 5.41) is 0. The van der Waals surface area contributed by atoms with Crippen LogP contribution in [0, 0.1) is 0 Å². The number of nitrogens with zero attached hydrogens (tertiary/aromatic N) is 2. The molecule has 0 fully saturated rings. The van der Waals surface area contributed by atoms with Crippen LogP contribution < -0.4 is 5.69 Å². The van der Waals surface area contributed by atoms with E-state index in [4.69, 9.17) is 0 Å². The minimum absolute atomic E-state index is 0.347. The first-order chi connectivity index (χ1) is 7.29. The van der Waals surface area contributed by atoms with Crippen LogP contribution in [0.3, 0.4) is 0 Å². The molecule has 1 aromatic carbocycles. The van der Waals surface area contributed by atoms with Crippen molar-refractivity contribution in [1.29, 1.82) is 0 Å². The van der Waals surface area contributed by atoms with Gasteiger partial charge in [-0.15, -0.1) is 0 Å². The Morgan fingerprint density at radius 3 is 2.60 bits per heavy atom. The van der Waals surface area contributed by atoms with E-state index in [2.05, 4.69) is 15.0 Å². The lowest BCUT2D eigenvalue weighted by Gasteiger charge is -2.00. The van der Waals surface area contributed by atoms with E-state index in [1.54, 1.807) is 0 Å². The van der Waals surface area contributed by atoms with Gasteiger partial charge < -0.3 is 0 Å². The highest BCUT2D eigenvalue weighted by Gasteiger charge is 2.03. The predicted molar refractivity (Wildman–Crippen MR) is 57.5 cm³/mol. The third-order valence-corrected chi connectivity index (χ3v) is 2.07. The average Bonchev–Trinajstić information content (AvgIpc) is 2.29. The molecule has 0 bridgehead atoms. The highest BCUT2D eigenvalue weighted by Crippen LogP contribution is 2.11. The van der Waals surface area contributed by atoms with E-state index in [0.29, 0.717) is 18.1 Å². The lowest BCUT2D eigenvalue weighted by Crippen LogP contribution is -2.15. The summed E-state index contributed by atoms with van der Waals surface area (Å²) in [6.07, 6.45) is 0.692. The predicted octanol–water partition coefficient (Wildman–Crippen LogP) is 1.39. The quantitative estimate of drug-likeness (QED) is 0.798. The first-order valence-corrected chi connectivity index (χ1v) is 4.82. The van der Waals surface area contributed by atoms with Crippen molar-refractivity contribution in [2.75, 3.05) is 0 Å². The molecule has 0 aliphatic heterocycles. The van der Waals surface area contributed by atoms with Crippen LogP contribution in [0.4, 0.5) is 0 Å². The summed E-state index contributed by atoms with van der Waals surface area (Å²) in [6, 6.07) is 9.47. The zero-order valence-corrected chi connectivity index (χ0v) is 8.40. The number of aryl methyl sites for hydroxylation is 1. The van der Waals surface area contributed by atoms with E-state index in [-0.39, 0.29) is 5.69 Å². The summed E-state index contributed by atoms with van der Waals surface area (Å²) in [5.74, 6) is 1.14. The highest BCUT2D eigenvalue weighted by atomic mass is 16.1. The summed E-state index contributed by atoms with van der Waals surface area (Å²) in [4.78, 5) is 21.9. The number of nitrogens with one attached hydrogen (secondary N) is 1. The minimum Gasteiger partial charge on any atom is -0.294 e. The molecule has 4 heteroatoms. The van der Waals surface area contributed by atoms with Crippen molar-refractivity contribution in [2.24, 2.45) is 0 Å². The van der Waals surface area contributed by atoms with Crippen LogP contribution in [0.5, 0.6) is 0 Å². The number of aromatic amines is 1. The lowest BCUT2D eigenvalue weighted by atomic mass is 10.2. The molecule has 0 spiro atoms. The number of H-pyrrole nitrogens is 1. The van der Waals surface area contributed by atoms with Crippen LogP contribution in [-0.4, -0.2) is 15.0 Å². The van der Waals surface area contributed by atoms with Crippen molar-refractivity contribution in [2.45, 2.75) is 13.3 Å². The largest absolute Gasteiger partial charge is 0.348 e. The summed E-state index contributed by atoms with van der Waals surface area (Å²) >= 11 is 0. The number of rotatable bonds is 2. The van der Waals surface area contributed by atoms with E-state index in [0.717, 1.165) is 5.56 Å². The Morgan fingerprint density at radius 2 is 1.93 bits per heavy atom. The lowest BCUT2D eigenvalue weighted by molar-refractivity contribution is 0.872. The Bertz CT molecular complexity index is 505. The molecule has 0 amide bonds. The van der Waals surface area contributed by atoms with E-state index in [9.17, 15) is 4.79 Å². The Balaban J connectivity index is 2.54. The molecule has 0 aliphatic carbocycles. The van der Waals surface area contributed by atoms with Crippen LogP contribution in [0.2, 0.25) is 0 Å². The van der Waals surface area contributed by atoms with E-state index in [1.807, 2.05) is 37.3 Å². The van der Waals surface area contributed by atoms with Crippen molar-refractivity contribution in [3.05, 3.63) is 46.6 Å². The first kappa shape index (κ1) is 9.58. The Kier molecular flexibility index (Phi) is 2.58. The number of aromatic nitrogens is 3. The molecule has 76 valence electrons. The molecule has 0 unspecified atom stereocenters. The van der Waals surface area contributed by atoms with Gasteiger partial charge in [-0.05, 0) is 0 Å². The SMILES string of the molecule is CCc1nc(-c2ccccc2)nc(=O)[nH]1. The standard InChI is InChI=1S/C11H11N3O/c1-2-9-12-10(14-11(15)13-9)8-6-4-3-5-7-8/h3-7H,2H2,1H3,(H,12,13,14,15). The van der Waals surface area contributed by atoms with Gasteiger partial charge in [0.2, 0.25) is 0 Å². The second kappa shape index (κ2) is 4.04. The van der Waals surface area contributed by atoms with Gasteiger partial charge in [0.25, 0.3) is 0 Å². The van der Waals surface area contributed by atoms with Gasteiger partial charge in [0, 0.05) is 12.0 Å². The maximum atomic E-state index is 11.2. The molecule has 4 nitrogen and oxygen atoms in total. The van der Waals surface area contributed by atoms with Crippen molar-refractivity contribution >= 4 is 0 Å². The molecule has 2 aromatic rings. The molecule has 0 saturated heterocycles. The number of hydrogen-bond acceptors (Lipinski definition) is 3. The molecular formula is C11H11N3O. The van der Waals surface area contributed by atoms with Gasteiger partial charge in [-0.25, -0.2) is 9.78 Å². The fourth-order valence-electron chi connectivity index (χ4n) is 1.31. The number of benzene rings is 1. The maximum Gasteiger partial charge on any atom is 0.348 e. The normalized spacial score (nSPS) is 10.2. The van der Waals surface area contributed by atoms with Crippen molar-refractivity contribution in [3.8, 4) is 11.4 Å². The molecule has 15 heavy (non-hydrogen) atoms. The van der Waals surface area contributed by atoms with Crippen LogP contribution in [-0.2, 0) is 6.42 Å². The Hall–Kier alpha value is -1.97. The van der Waals surface area contributed by atoms with E-state index in [1.165, 1.54) is 0 Å². The van der Waals surface area contributed by atoms with Crippen LogP contribution in [0.25, 0.3) is 11.4 Å². The molecule has 1 aromatic heterocycles. The molecule has 0 aliphatic rings. The van der Waals surface area contributed by atoms with Gasteiger partial charge in [0.05, 0.1) is 0 Å². The summed E-state index contributed by atoms with van der Waals surface area (Å²) in [6.45, 7) is 1.94. The second-order valence-corrected chi connectivity index (χ2v) is 3.14. The number of hydrogen-bond donors (Lipinski definition) is 1. The van der Waals surface area contributed by atoms with Crippen LogP contribution in [0.1, 0.15) is 12.7 Å². The van der Waals surface area contributed by atoms with E-state index < -0.39 is 0 Å². The second-order valence-electron chi connectivity index (χ2n) is 3.14. The molecule has 0 atom stereocenters. The van der Waals surface area contributed by atoms with Crippen molar-refractivity contribution in [1.82, 2.24) is 15.0 Å². The minimum atomic E-state index is -0.347. The van der Waals surface area contributed by atoms with Crippen molar-refractivity contribution in [3.63, 3.8) is 0 Å². The van der Waals surface area contributed by atoms with E-state index >= 15 is 0 Å². The summed E-state index contributed by atoms with van der Waals surface area (Å²) in [7, 11) is 0. The summed E-state index contributed by atoms with van der Waals surface area (Å²) in [5.41, 5.74) is 0.513. The molecule has 1 N–H and O–H groups in total. The topological polar surface area (TPSA) is 58.6 Å². The smallest absolute Gasteiger partial charge is 0.294 e. The highest BCUT2D eigenvalue weighted by molar-refractivity contribution is 5.53. The zero-order valence-electron chi connectivity index (χ0n) is 8.40. The molecule has 0 saturated carbocycles. The summed E-state index contributed by atoms with van der Waals surface area (Å²) < 4.78 is 0. The zero-order chi connectivity index (χ0) is 10.7. The van der Waals surface area contributed by atoms with Gasteiger partial charge in [-0.2, -0.15) is 4.98 Å². The monoisotopic (exact) mass is 201 g/mol. The third kappa shape index (κ3) is 2.10. The van der Waals surface area contributed by atoms with Crippen LogP contribution >= 0.6 is 0 Å². The maximum absolute atomic E-state index is 11.2. The fourth-order valence-corrected chi connectivity index (χ4v) is 1.31. The molecule has 0 radical (unpaired) electrons. The fraction of sp³-hybridized carbons (Fsp3) is 0.182. The van der Waals surface area contributed by atoms with Gasteiger partial charge in [-0.3, -0.25) is 4.98 Å². The Morgan fingerprint density at radius 1 is 1.20 bits per heavy atom. The first-order valence-electron chi connectivity index (χ1n) is 4.82. The van der Waals surface area contributed by atoms with Gasteiger partial charge in [0.1, 0.15) is 5.82 Å². The van der Waals surface area contributed by atoms with Crippen molar-refractivity contribution < 1.29 is 0 Å². The average molecular weight is 201 g/mol. The van der Waals surface area contributed by atoms with Crippen LogP contribution in [0.15, 0.2) is 35.1 Å². The molecular weight excluding hydrogens is 190 g/mol. The molecule has 2 rings (SSSR count). The molecule has 1 heterocycles. The third-order valence-electron chi connectivity index (χ3n) is 2.07. The van der Waals surface area contributed by atoms with Gasteiger partial charge >= 0.3 is 5.69 Å². The van der Waals surface area contributed by atoms with Gasteiger partial charge in [-0.1, -0.05) is 37.3 Å².